The maximum Gasteiger partial charge on any atom is 0.223 e. The topological polar surface area (TPSA) is 103 Å². The van der Waals surface area contributed by atoms with Gasteiger partial charge in [-0.1, -0.05) is 46.8 Å². The van der Waals surface area contributed by atoms with Crippen molar-refractivity contribution in [2.75, 3.05) is 33.5 Å². The number of methoxy groups -OCH3 is 1. The van der Waals surface area contributed by atoms with Gasteiger partial charge in [0.2, 0.25) is 5.91 Å². The van der Waals surface area contributed by atoms with Crippen LogP contribution >= 0.6 is 0 Å². The molecule has 1 aromatic rings. The minimum atomic E-state index is -0.730. The summed E-state index contributed by atoms with van der Waals surface area (Å²) < 4.78 is 16.7. The molecule has 1 saturated heterocycles. The first-order valence-electron chi connectivity index (χ1n) is 14.7. The van der Waals surface area contributed by atoms with Crippen molar-refractivity contribution < 1.29 is 24.1 Å². The number of rotatable bonds is 18. The molecular formula is C31H54N2O5. The zero-order chi connectivity index (χ0) is 28.1. The second-order valence-corrected chi connectivity index (χ2v) is 11.6. The zero-order valence-corrected chi connectivity index (χ0v) is 24.7. The van der Waals surface area contributed by atoms with Gasteiger partial charge >= 0.3 is 0 Å². The molecule has 0 aliphatic carbocycles. The van der Waals surface area contributed by atoms with Gasteiger partial charge in [-0.3, -0.25) is 4.79 Å². The lowest BCUT2D eigenvalue weighted by Gasteiger charge is -2.30. The van der Waals surface area contributed by atoms with Gasteiger partial charge in [-0.2, -0.15) is 0 Å². The lowest BCUT2D eigenvalue weighted by Crippen LogP contribution is -2.43. The molecule has 218 valence electrons. The number of carbonyl (C=O) groups excluding carboxylic acids is 1. The average molecular weight is 535 g/mol. The highest BCUT2D eigenvalue weighted by Crippen LogP contribution is 2.28. The van der Waals surface area contributed by atoms with Gasteiger partial charge in [0, 0.05) is 45.2 Å². The number of ether oxygens (including phenoxy) is 3. The van der Waals surface area contributed by atoms with Crippen LogP contribution in [0.3, 0.4) is 0 Å². The zero-order valence-electron chi connectivity index (χ0n) is 24.7. The third-order valence-corrected chi connectivity index (χ3v) is 7.93. The Balaban J connectivity index is 1.95. The second kappa shape index (κ2) is 17.1. The summed E-state index contributed by atoms with van der Waals surface area (Å²) in [6, 6.07) is 6.09. The van der Waals surface area contributed by atoms with Crippen molar-refractivity contribution in [3.05, 3.63) is 29.3 Å². The molecule has 1 aromatic carbocycles. The van der Waals surface area contributed by atoms with Crippen LogP contribution < -0.4 is 15.8 Å². The molecule has 0 aromatic heterocycles. The highest BCUT2D eigenvalue weighted by atomic mass is 16.5. The van der Waals surface area contributed by atoms with Crippen LogP contribution in [-0.4, -0.2) is 62.7 Å². The van der Waals surface area contributed by atoms with E-state index < -0.39 is 6.10 Å². The third kappa shape index (κ3) is 10.8. The smallest absolute Gasteiger partial charge is 0.223 e. The molecule has 0 saturated carbocycles. The Kier molecular flexibility index (Phi) is 14.7. The van der Waals surface area contributed by atoms with Gasteiger partial charge in [-0.15, -0.1) is 0 Å². The van der Waals surface area contributed by atoms with E-state index in [1.807, 2.05) is 13.8 Å². The van der Waals surface area contributed by atoms with E-state index in [4.69, 9.17) is 19.9 Å². The van der Waals surface area contributed by atoms with Gasteiger partial charge < -0.3 is 30.4 Å². The molecule has 0 radical (unpaired) electrons. The van der Waals surface area contributed by atoms with E-state index in [-0.39, 0.29) is 29.9 Å². The van der Waals surface area contributed by atoms with Gasteiger partial charge in [0.25, 0.3) is 0 Å². The van der Waals surface area contributed by atoms with Gasteiger partial charge in [0.15, 0.2) is 0 Å². The summed E-state index contributed by atoms with van der Waals surface area (Å²) in [5.74, 6) is 1.50. The van der Waals surface area contributed by atoms with Crippen LogP contribution in [0, 0.1) is 23.7 Å². The van der Waals surface area contributed by atoms with Gasteiger partial charge in [-0.05, 0) is 73.5 Å². The number of carbonyl (C=O) groups is 1. The SMILES string of the molecule is CCc1cc(C[C@@H](C[C@H](N)[C@@H](O)C[C@H](C(=O)NC[C@@H]2CCCO2)C(C)C)C(C)C)ccc1OCCCOC. The molecule has 5 atom stereocenters. The summed E-state index contributed by atoms with van der Waals surface area (Å²) in [5, 5.41) is 14.1. The van der Waals surface area contributed by atoms with Crippen molar-refractivity contribution in [1.29, 1.82) is 0 Å². The van der Waals surface area contributed by atoms with E-state index in [9.17, 15) is 9.90 Å². The largest absolute Gasteiger partial charge is 0.493 e. The summed E-state index contributed by atoms with van der Waals surface area (Å²) in [7, 11) is 1.70. The fourth-order valence-corrected chi connectivity index (χ4v) is 5.23. The van der Waals surface area contributed by atoms with Crippen molar-refractivity contribution in [2.45, 2.75) is 97.8 Å². The van der Waals surface area contributed by atoms with Crippen LogP contribution in [0.4, 0.5) is 0 Å². The lowest BCUT2D eigenvalue weighted by atomic mass is 9.80. The molecule has 7 nitrogen and oxygen atoms in total. The van der Waals surface area contributed by atoms with Gasteiger partial charge in [-0.25, -0.2) is 0 Å². The molecule has 1 aliphatic heterocycles. The van der Waals surface area contributed by atoms with Gasteiger partial charge in [0.1, 0.15) is 5.75 Å². The number of benzene rings is 1. The molecule has 1 heterocycles. The third-order valence-electron chi connectivity index (χ3n) is 7.93. The van der Waals surface area contributed by atoms with E-state index in [0.29, 0.717) is 44.4 Å². The number of aliphatic hydroxyl groups excluding tert-OH is 1. The molecule has 0 unspecified atom stereocenters. The Labute approximate surface area is 231 Å². The molecule has 2 rings (SSSR count). The van der Waals surface area contributed by atoms with E-state index >= 15 is 0 Å². The summed E-state index contributed by atoms with van der Waals surface area (Å²) in [5.41, 5.74) is 9.03. The van der Waals surface area contributed by atoms with Crippen molar-refractivity contribution in [3.63, 3.8) is 0 Å². The van der Waals surface area contributed by atoms with E-state index in [1.165, 1.54) is 11.1 Å². The van der Waals surface area contributed by atoms with E-state index in [0.717, 1.165) is 44.5 Å². The first-order chi connectivity index (χ1) is 18.2. The Morgan fingerprint density at radius 3 is 2.55 bits per heavy atom. The number of aliphatic hydroxyl groups is 1. The fraction of sp³-hybridized carbons (Fsp3) is 0.774. The molecular weight excluding hydrogens is 480 g/mol. The van der Waals surface area contributed by atoms with Crippen LogP contribution in [0.15, 0.2) is 18.2 Å². The molecule has 0 spiro atoms. The number of aryl methyl sites for hydroxylation is 1. The molecule has 1 amide bonds. The standard InChI is InChI=1S/C31H54N2O5/c1-7-24-16-23(11-12-30(24)38-15-9-13-36-6)17-25(21(2)3)18-28(32)29(34)19-27(22(4)5)31(35)33-20-26-10-8-14-37-26/h11-12,16,21-22,25-29,34H,7-10,13-15,17-20,32H2,1-6H3,(H,33,35)/t25-,26-,27-,28-,29-/m0/s1. The summed E-state index contributed by atoms with van der Waals surface area (Å²) in [4.78, 5) is 12.9. The van der Waals surface area contributed by atoms with Crippen molar-refractivity contribution in [3.8, 4) is 5.75 Å². The minimum absolute atomic E-state index is 0.0150. The lowest BCUT2D eigenvalue weighted by molar-refractivity contribution is -0.128. The Bertz CT molecular complexity index is 809. The Hall–Kier alpha value is -1.67. The predicted octanol–water partition coefficient (Wildman–Crippen LogP) is 4.51. The summed E-state index contributed by atoms with van der Waals surface area (Å²) in [6.07, 6.45) is 5.15. The van der Waals surface area contributed by atoms with Crippen LogP contribution in [-0.2, 0) is 27.1 Å². The number of nitrogens with one attached hydrogen (secondary N) is 1. The molecule has 4 N–H and O–H groups in total. The maximum atomic E-state index is 12.9. The summed E-state index contributed by atoms with van der Waals surface area (Å²) in [6.45, 7) is 13.3. The van der Waals surface area contributed by atoms with Crippen LogP contribution in [0.1, 0.15) is 77.8 Å². The Morgan fingerprint density at radius 2 is 1.95 bits per heavy atom. The predicted molar refractivity (Wildman–Crippen MR) is 153 cm³/mol. The maximum absolute atomic E-state index is 12.9. The number of amides is 1. The first kappa shape index (κ1) is 32.5. The Morgan fingerprint density at radius 1 is 1.18 bits per heavy atom. The monoisotopic (exact) mass is 534 g/mol. The van der Waals surface area contributed by atoms with Crippen LogP contribution in [0.2, 0.25) is 0 Å². The molecule has 7 heteroatoms. The van der Waals surface area contributed by atoms with E-state index in [2.05, 4.69) is 44.3 Å². The molecule has 38 heavy (non-hydrogen) atoms. The van der Waals surface area contributed by atoms with Crippen molar-refractivity contribution in [2.24, 2.45) is 29.4 Å². The molecule has 1 aliphatic rings. The van der Waals surface area contributed by atoms with E-state index in [1.54, 1.807) is 7.11 Å². The number of hydrogen-bond donors (Lipinski definition) is 3. The van der Waals surface area contributed by atoms with Crippen LogP contribution in [0.25, 0.3) is 0 Å². The van der Waals surface area contributed by atoms with Crippen molar-refractivity contribution in [1.82, 2.24) is 5.32 Å². The highest BCUT2D eigenvalue weighted by molar-refractivity contribution is 5.78. The van der Waals surface area contributed by atoms with Gasteiger partial charge in [0.05, 0.1) is 18.8 Å². The normalized spacial score (nSPS) is 18.9. The summed E-state index contributed by atoms with van der Waals surface area (Å²) >= 11 is 0. The second-order valence-electron chi connectivity index (χ2n) is 11.6. The highest BCUT2D eigenvalue weighted by Gasteiger charge is 2.30. The number of hydrogen-bond acceptors (Lipinski definition) is 6. The van der Waals surface area contributed by atoms with Crippen molar-refractivity contribution >= 4 is 5.91 Å². The number of nitrogens with two attached hydrogens (primary N) is 1. The first-order valence-corrected chi connectivity index (χ1v) is 14.7. The average Bonchev–Trinajstić information content (AvgIpc) is 3.41. The minimum Gasteiger partial charge on any atom is -0.493 e. The fourth-order valence-electron chi connectivity index (χ4n) is 5.23. The molecule has 1 fully saturated rings. The van der Waals surface area contributed by atoms with Crippen LogP contribution in [0.5, 0.6) is 5.75 Å². The molecule has 0 bridgehead atoms. The quantitative estimate of drug-likeness (QED) is 0.239.